The van der Waals surface area contributed by atoms with Crippen molar-refractivity contribution in [1.82, 2.24) is 0 Å². The van der Waals surface area contributed by atoms with Crippen LogP contribution in [0.5, 0.6) is 0 Å². The molecule has 2 rings (SSSR count). The molecule has 17 heavy (non-hydrogen) atoms. The van der Waals surface area contributed by atoms with Gasteiger partial charge in [0.25, 0.3) is 5.69 Å². The number of hydrogen-bond acceptors (Lipinski definition) is 5. The second-order valence-corrected chi connectivity index (χ2v) is 3.91. The van der Waals surface area contributed by atoms with Crippen molar-refractivity contribution < 1.29 is 14.9 Å². The Bertz CT molecular complexity index is 486. The molecule has 1 aromatic carbocycles. The Hall–Kier alpha value is -1.95. The van der Waals surface area contributed by atoms with Crippen LogP contribution in [-0.2, 0) is 4.84 Å². The number of hydrogen-bond donors (Lipinski definition) is 1. The van der Waals surface area contributed by atoms with E-state index >= 15 is 0 Å². The second kappa shape index (κ2) is 4.14. The van der Waals surface area contributed by atoms with Gasteiger partial charge in [-0.3, -0.25) is 10.1 Å². The summed E-state index contributed by atoms with van der Waals surface area (Å²) in [6.07, 6.45) is 0.652. The summed E-state index contributed by atoms with van der Waals surface area (Å²) in [6.45, 7) is 1.78. The molecule has 0 aliphatic carbocycles. The number of nitro benzene ring substituents is 1. The van der Waals surface area contributed by atoms with Crippen LogP contribution in [0.15, 0.2) is 29.4 Å². The van der Waals surface area contributed by atoms with Gasteiger partial charge in [-0.25, -0.2) is 0 Å². The normalized spacial score (nSPS) is 23.1. The molecule has 1 heterocycles. The average molecular weight is 236 g/mol. The van der Waals surface area contributed by atoms with Crippen molar-refractivity contribution in [2.75, 3.05) is 0 Å². The van der Waals surface area contributed by atoms with Crippen molar-refractivity contribution in [3.8, 4) is 0 Å². The first-order valence-corrected chi connectivity index (χ1v) is 5.26. The van der Waals surface area contributed by atoms with Gasteiger partial charge < -0.3 is 9.94 Å². The molecule has 0 amide bonds. The molecule has 0 fully saturated rings. The number of nitro groups is 1. The van der Waals surface area contributed by atoms with Crippen molar-refractivity contribution in [3.63, 3.8) is 0 Å². The maximum atomic E-state index is 10.6. The van der Waals surface area contributed by atoms with E-state index in [9.17, 15) is 15.2 Å². The molecule has 1 N–H and O–H groups in total. The van der Waals surface area contributed by atoms with Gasteiger partial charge in [-0.1, -0.05) is 24.2 Å². The molecule has 6 heteroatoms. The maximum absolute atomic E-state index is 10.6. The van der Waals surface area contributed by atoms with E-state index in [-0.39, 0.29) is 12.1 Å². The van der Waals surface area contributed by atoms with Gasteiger partial charge in [0.05, 0.1) is 17.1 Å². The lowest BCUT2D eigenvalue weighted by Gasteiger charge is -2.16. The summed E-state index contributed by atoms with van der Waals surface area (Å²) in [6, 6.07) is 6.12. The van der Waals surface area contributed by atoms with Gasteiger partial charge in [-0.05, 0) is 0 Å². The van der Waals surface area contributed by atoms with Crippen LogP contribution in [0.25, 0.3) is 0 Å². The van der Waals surface area contributed by atoms with Crippen LogP contribution in [0, 0.1) is 10.1 Å². The molecule has 0 bridgehead atoms. The molecular weight excluding hydrogens is 224 g/mol. The number of non-ortho nitro benzene ring substituents is 1. The van der Waals surface area contributed by atoms with E-state index in [4.69, 9.17) is 4.84 Å². The van der Waals surface area contributed by atoms with Gasteiger partial charge >= 0.3 is 0 Å². The lowest BCUT2D eigenvalue weighted by atomic mass is 10.0. The number of nitrogens with zero attached hydrogens (tertiary/aromatic N) is 2. The summed E-state index contributed by atoms with van der Waals surface area (Å²) in [7, 11) is 0. The first-order chi connectivity index (χ1) is 8.04. The van der Waals surface area contributed by atoms with Crippen molar-refractivity contribution >= 4 is 11.4 Å². The molecule has 1 atom stereocenters. The molecule has 1 unspecified atom stereocenters. The van der Waals surface area contributed by atoms with Crippen molar-refractivity contribution in [2.45, 2.75) is 25.6 Å². The summed E-state index contributed by atoms with van der Waals surface area (Å²) in [4.78, 5) is 15.1. The maximum Gasteiger partial charge on any atom is 0.270 e. The molecule has 1 aromatic rings. The highest BCUT2D eigenvalue weighted by atomic mass is 16.7. The summed E-state index contributed by atoms with van der Waals surface area (Å²) in [5.41, 5.74) is 1.12. The van der Waals surface area contributed by atoms with Gasteiger partial charge in [0.1, 0.15) is 0 Å². The van der Waals surface area contributed by atoms with Crippen molar-refractivity contribution in [2.24, 2.45) is 5.16 Å². The van der Waals surface area contributed by atoms with Crippen LogP contribution in [-0.4, -0.2) is 21.5 Å². The Labute approximate surface area is 97.7 Å². The van der Waals surface area contributed by atoms with Gasteiger partial charge in [-0.2, -0.15) is 0 Å². The molecule has 6 nitrogen and oxygen atoms in total. The number of benzene rings is 1. The van der Waals surface area contributed by atoms with Gasteiger partial charge in [0.2, 0.25) is 5.79 Å². The molecular formula is C11H12N2O4. The average Bonchev–Trinajstić information content (AvgIpc) is 2.73. The third kappa shape index (κ3) is 2.26. The SMILES string of the molecule is CCC1(O)CC(c2cccc([N+](=O)[O-])c2)=NO1. The topological polar surface area (TPSA) is 85.0 Å². The van der Waals surface area contributed by atoms with E-state index in [0.717, 1.165) is 0 Å². The van der Waals surface area contributed by atoms with Crippen LogP contribution < -0.4 is 0 Å². The van der Waals surface area contributed by atoms with Crippen molar-refractivity contribution in [1.29, 1.82) is 0 Å². The third-order valence-corrected chi connectivity index (χ3v) is 2.71. The minimum atomic E-state index is -1.28. The fourth-order valence-corrected chi connectivity index (χ4v) is 1.61. The zero-order valence-corrected chi connectivity index (χ0v) is 9.29. The largest absolute Gasteiger partial charge is 0.360 e. The minimum Gasteiger partial charge on any atom is -0.360 e. The molecule has 0 saturated carbocycles. The molecule has 1 aliphatic rings. The summed E-state index contributed by atoms with van der Waals surface area (Å²) >= 11 is 0. The monoisotopic (exact) mass is 236 g/mol. The molecule has 1 aliphatic heterocycles. The Balaban J connectivity index is 2.25. The predicted molar refractivity (Wildman–Crippen MR) is 60.6 cm³/mol. The van der Waals surface area contributed by atoms with Crippen LogP contribution in [0.1, 0.15) is 25.3 Å². The first kappa shape index (κ1) is 11.5. The van der Waals surface area contributed by atoms with E-state index in [1.807, 2.05) is 0 Å². The quantitative estimate of drug-likeness (QED) is 0.640. The van der Waals surface area contributed by atoms with E-state index in [1.165, 1.54) is 12.1 Å². The minimum absolute atomic E-state index is 0.00265. The van der Waals surface area contributed by atoms with Crippen LogP contribution in [0.4, 0.5) is 5.69 Å². The van der Waals surface area contributed by atoms with E-state index in [1.54, 1.807) is 19.1 Å². The highest BCUT2D eigenvalue weighted by Gasteiger charge is 2.35. The van der Waals surface area contributed by atoms with Gasteiger partial charge in [0, 0.05) is 24.1 Å². The Morgan fingerprint density at radius 3 is 3.00 bits per heavy atom. The highest BCUT2D eigenvalue weighted by Crippen LogP contribution is 2.28. The number of aliphatic hydroxyl groups is 1. The van der Waals surface area contributed by atoms with Crippen LogP contribution >= 0.6 is 0 Å². The highest BCUT2D eigenvalue weighted by molar-refractivity contribution is 6.01. The standard InChI is InChI=1S/C11H12N2O4/c1-2-11(14)7-10(12-17-11)8-4-3-5-9(6-8)13(15)16/h3-6,14H,2,7H2,1H3. The van der Waals surface area contributed by atoms with Gasteiger partial charge in [-0.15, -0.1) is 0 Å². The summed E-state index contributed by atoms with van der Waals surface area (Å²) in [5.74, 6) is -1.28. The molecule has 0 aromatic heterocycles. The second-order valence-electron chi connectivity index (χ2n) is 3.91. The zero-order valence-electron chi connectivity index (χ0n) is 9.29. The predicted octanol–water partition coefficient (Wildman–Crippen LogP) is 1.82. The van der Waals surface area contributed by atoms with Crippen LogP contribution in [0.2, 0.25) is 0 Å². The summed E-state index contributed by atoms with van der Waals surface area (Å²) < 4.78 is 0. The first-order valence-electron chi connectivity index (χ1n) is 5.26. The fourth-order valence-electron chi connectivity index (χ4n) is 1.61. The lowest BCUT2D eigenvalue weighted by Crippen LogP contribution is -2.27. The third-order valence-electron chi connectivity index (χ3n) is 2.71. The van der Waals surface area contributed by atoms with E-state index in [0.29, 0.717) is 17.7 Å². The fraction of sp³-hybridized carbons (Fsp3) is 0.364. The molecule has 0 spiro atoms. The van der Waals surface area contributed by atoms with Crippen molar-refractivity contribution in [3.05, 3.63) is 39.9 Å². The molecule has 90 valence electrons. The van der Waals surface area contributed by atoms with E-state index in [2.05, 4.69) is 5.16 Å². The molecule has 0 saturated heterocycles. The van der Waals surface area contributed by atoms with E-state index < -0.39 is 10.7 Å². The van der Waals surface area contributed by atoms with Gasteiger partial charge in [0.15, 0.2) is 0 Å². The number of oxime groups is 1. The Morgan fingerprint density at radius 1 is 1.65 bits per heavy atom. The Morgan fingerprint density at radius 2 is 2.41 bits per heavy atom. The molecule has 0 radical (unpaired) electrons. The number of rotatable bonds is 3. The van der Waals surface area contributed by atoms with Crippen LogP contribution in [0.3, 0.4) is 0 Å². The summed E-state index contributed by atoms with van der Waals surface area (Å²) in [5, 5.41) is 24.3. The smallest absolute Gasteiger partial charge is 0.270 e. The lowest BCUT2D eigenvalue weighted by molar-refractivity contribution is -0.384. The zero-order chi connectivity index (χ0) is 12.5. The Kier molecular flexibility index (Phi) is 2.81.